The van der Waals surface area contributed by atoms with Gasteiger partial charge in [0.2, 0.25) is 0 Å². The molecule has 49 heavy (non-hydrogen) atoms. The van der Waals surface area contributed by atoms with Gasteiger partial charge in [0.05, 0.1) is 18.1 Å². The average Bonchev–Trinajstić information content (AvgIpc) is 3.14. The smallest absolute Gasteiger partial charge is 0.254 e. The molecule has 0 bridgehead atoms. The Bertz CT molecular complexity index is 1710. The molecule has 254 valence electrons. The van der Waals surface area contributed by atoms with E-state index in [1.54, 1.807) is 24.3 Å². The summed E-state index contributed by atoms with van der Waals surface area (Å²) in [6.07, 6.45) is -0.291. The summed E-state index contributed by atoms with van der Waals surface area (Å²) in [5, 5.41) is 15.5. The van der Waals surface area contributed by atoms with Gasteiger partial charge in [-0.1, -0.05) is 115 Å². The first-order valence-electron chi connectivity index (χ1n) is 16.4. The van der Waals surface area contributed by atoms with Gasteiger partial charge in [-0.2, -0.15) is 0 Å². The molecule has 7 nitrogen and oxygen atoms in total. The van der Waals surface area contributed by atoms with Gasteiger partial charge >= 0.3 is 0 Å². The lowest BCUT2D eigenvalue weighted by Gasteiger charge is -2.28. The van der Waals surface area contributed by atoms with Crippen LogP contribution in [0, 0.1) is 5.82 Å². The molecule has 0 heterocycles. The molecule has 3 unspecified atom stereocenters. The molecule has 0 aliphatic carbocycles. The second-order valence-electron chi connectivity index (χ2n) is 11.6. The van der Waals surface area contributed by atoms with E-state index in [1.807, 2.05) is 109 Å². The number of hydrogen-bond acceptors (Lipinski definition) is 5. The number of hydrogen-bond donors (Lipinski definition) is 4. The molecule has 4 N–H and O–H groups in total. The molecular formula is C40H42FN3O4S. The predicted octanol–water partition coefficient (Wildman–Crippen LogP) is 6.38. The first-order chi connectivity index (χ1) is 24.0. The van der Waals surface area contributed by atoms with E-state index in [1.165, 1.54) is 6.07 Å². The van der Waals surface area contributed by atoms with Crippen molar-refractivity contribution in [1.82, 2.24) is 10.0 Å². The van der Waals surface area contributed by atoms with Crippen molar-refractivity contribution in [3.05, 3.63) is 168 Å². The van der Waals surface area contributed by atoms with Crippen LogP contribution in [0.4, 0.5) is 10.1 Å². The highest BCUT2D eigenvalue weighted by molar-refractivity contribution is 7.83. The highest BCUT2D eigenvalue weighted by Crippen LogP contribution is 2.32. The summed E-state index contributed by atoms with van der Waals surface area (Å²) in [6, 6.07) is 42.6. The number of nitrogens with one attached hydrogen (secondary N) is 3. The van der Waals surface area contributed by atoms with Gasteiger partial charge in [-0.15, -0.1) is 0 Å². The Labute approximate surface area is 290 Å². The Kier molecular flexibility index (Phi) is 13.8. The predicted molar refractivity (Wildman–Crippen MR) is 193 cm³/mol. The molecule has 9 heteroatoms. The number of halogens is 1. The zero-order chi connectivity index (χ0) is 34.3. The lowest BCUT2D eigenvalue weighted by atomic mass is 9.86. The second kappa shape index (κ2) is 18.9. The van der Waals surface area contributed by atoms with Crippen LogP contribution in [-0.4, -0.2) is 47.1 Å². The normalized spacial score (nSPS) is 13.1. The van der Waals surface area contributed by atoms with Gasteiger partial charge in [-0.05, 0) is 53.8 Å². The molecule has 0 aromatic heterocycles. The number of benzene rings is 5. The van der Waals surface area contributed by atoms with Gasteiger partial charge in [-0.3, -0.25) is 4.79 Å². The molecule has 5 rings (SSSR count). The largest absolute Gasteiger partial charge is 0.395 e. The lowest BCUT2D eigenvalue weighted by molar-refractivity contribution is -0.129. The van der Waals surface area contributed by atoms with E-state index < -0.39 is 34.7 Å². The van der Waals surface area contributed by atoms with Gasteiger partial charge in [0.1, 0.15) is 22.9 Å². The minimum Gasteiger partial charge on any atom is -0.395 e. The standard InChI is InChI=1S/C40H42FN3O4S/c41-36-22-13-23-37(35(36)25-24-33(28-42-26-27-45)44-49(47)34-20-11-4-12-21-34)43-40(46)39(48-29-30-14-5-1-6-15-30)38(31-16-7-2-8-17-31)32-18-9-3-10-19-32/h1-23,33,38-39,42,44-45H,24-29H2,(H,43,46). The van der Waals surface area contributed by atoms with Crippen LogP contribution in [0.2, 0.25) is 0 Å². The summed E-state index contributed by atoms with van der Waals surface area (Å²) in [5.41, 5.74) is 3.44. The van der Waals surface area contributed by atoms with Crippen molar-refractivity contribution in [1.29, 1.82) is 0 Å². The van der Waals surface area contributed by atoms with Crippen molar-refractivity contribution in [2.24, 2.45) is 0 Å². The van der Waals surface area contributed by atoms with Crippen molar-refractivity contribution < 1.29 is 23.2 Å². The first-order valence-corrected chi connectivity index (χ1v) is 17.6. The zero-order valence-corrected chi connectivity index (χ0v) is 28.0. The molecule has 0 saturated carbocycles. The minimum atomic E-state index is -1.50. The maximum atomic E-state index is 15.5. The van der Waals surface area contributed by atoms with Gasteiger partial charge in [-0.25, -0.2) is 13.3 Å². The fourth-order valence-corrected chi connectivity index (χ4v) is 6.76. The Balaban J connectivity index is 1.40. The molecule has 0 fully saturated rings. The number of amides is 1. The lowest BCUT2D eigenvalue weighted by Crippen LogP contribution is -2.41. The van der Waals surface area contributed by atoms with Gasteiger partial charge in [0.25, 0.3) is 5.91 Å². The van der Waals surface area contributed by atoms with Crippen LogP contribution >= 0.6 is 0 Å². The highest BCUT2D eigenvalue weighted by atomic mass is 32.2. The Morgan fingerprint density at radius 1 is 0.776 bits per heavy atom. The molecule has 0 radical (unpaired) electrons. The summed E-state index contributed by atoms with van der Waals surface area (Å²) in [6.45, 7) is 0.933. The summed E-state index contributed by atoms with van der Waals surface area (Å²) in [7, 11) is -1.50. The van der Waals surface area contributed by atoms with E-state index in [4.69, 9.17) is 4.74 Å². The monoisotopic (exact) mass is 679 g/mol. The SMILES string of the molecule is O=C(Nc1cccc(F)c1CCC(CNCCO)NS(=O)c1ccccc1)C(OCc1ccccc1)C(c1ccccc1)c1ccccc1. The fraction of sp³-hybridized carbons (Fsp3) is 0.225. The number of aliphatic hydroxyl groups is 1. The van der Waals surface area contributed by atoms with Crippen molar-refractivity contribution in [3.63, 3.8) is 0 Å². The molecule has 5 aromatic rings. The zero-order valence-electron chi connectivity index (χ0n) is 27.2. The average molecular weight is 680 g/mol. The second-order valence-corrected chi connectivity index (χ2v) is 12.9. The molecule has 0 aliphatic rings. The van der Waals surface area contributed by atoms with E-state index in [-0.39, 0.29) is 25.7 Å². The topological polar surface area (TPSA) is 99.7 Å². The third-order valence-corrected chi connectivity index (χ3v) is 9.43. The van der Waals surface area contributed by atoms with Gasteiger partial charge in [0.15, 0.2) is 0 Å². The van der Waals surface area contributed by atoms with Crippen LogP contribution in [0.5, 0.6) is 0 Å². The fourth-order valence-electron chi connectivity index (χ4n) is 5.72. The number of carbonyl (C=O) groups is 1. The van der Waals surface area contributed by atoms with Crippen LogP contribution in [0.3, 0.4) is 0 Å². The molecule has 0 saturated heterocycles. The van der Waals surface area contributed by atoms with Gasteiger partial charge < -0.3 is 20.5 Å². The Morgan fingerprint density at radius 2 is 1.37 bits per heavy atom. The van der Waals surface area contributed by atoms with Crippen LogP contribution in [0.1, 0.15) is 34.6 Å². The number of rotatable bonds is 18. The molecule has 0 aliphatic heterocycles. The Morgan fingerprint density at radius 3 is 1.98 bits per heavy atom. The van der Waals surface area contributed by atoms with Crippen molar-refractivity contribution in [2.45, 2.75) is 42.4 Å². The van der Waals surface area contributed by atoms with Crippen LogP contribution < -0.4 is 15.4 Å². The maximum absolute atomic E-state index is 15.5. The summed E-state index contributed by atoms with van der Waals surface area (Å²) >= 11 is 0. The van der Waals surface area contributed by atoms with Crippen LogP contribution in [0.25, 0.3) is 0 Å². The van der Waals surface area contributed by atoms with E-state index >= 15 is 4.39 Å². The quantitative estimate of drug-likeness (QED) is 0.0807. The molecule has 0 spiro atoms. The van der Waals surface area contributed by atoms with E-state index in [2.05, 4.69) is 15.4 Å². The number of carbonyl (C=O) groups excluding carboxylic acids is 1. The minimum absolute atomic E-state index is 0.0432. The van der Waals surface area contributed by atoms with Crippen LogP contribution in [-0.2, 0) is 33.5 Å². The van der Waals surface area contributed by atoms with Crippen molar-refractivity contribution >= 4 is 22.6 Å². The molecular weight excluding hydrogens is 638 g/mol. The van der Waals surface area contributed by atoms with Crippen molar-refractivity contribution in [3.8, 4) is 0 Å². The molecule has 3 atom stereocenters. The third kappa shape index (κ3) is 10.5. The summed E-state index contributed by atoms with van der Waals surface area (Å²) < 4.78 is 38.2. The third-order valence-electron chi connectivity index (χ3n) is 8.18. The van der Waals surface area contributed by atoms with Crippen LogP contribution in [0.15, 0.2) is 144 Å². The number of anilines is 1. The number of ether oxygens (including phenoxy) is 1. The Hall–Kier alpha value is -4.51. The maximum Gasteiger partial charge on any atom is 0.254 e. The van der Waals surface area contributed by atoms with Gasteiger partial charge in [0, 0.05) is 36.3 Å². The summed E-state index contributed by atoms with van der Waals surface area (Å²) in [5.74, 6) is -1.29. The number of aliphatic hydroxyl groups excluding tert-OH is 1. The molecule has 1 amide bonds. The molecule has 5 aromatic carbocycles. The van der Waals surface area contributed by atoms with Crippen molar-refractivity contribution in [2.75, 3.05) is 25.0 Å². The first kappa shape index (κ1) is 35.8. The van der Waals surface area contributed by atoms with E-state index in [0.717, 1.165) is 16.7 Å². The highest BCUT2D eigenvalue weighted by Gasteiger charge is 2.33. The summed E-state index contributed by atoms with van der Waals surface area (Å²) in [4.78, 5) is 15.0. The van der Waals surface area contributed by atoms with E-state index in [9.17, 15) is 14.1 Å². The van der Waals surface area contributed by atoms with E-state index in [0.29, 0.717) is 35.7 Å².